The van der Waals surface area contributed by atoms with Crippen LogP contribution in [0.2, 0.25) is 0 Å². The molecule has 1 atom stereocenters. The van der Waals surface area contributed by atoms with Gasteiger partial charge in [0.25, 0.3) is 0 Å². The lowest BCUT2D eigenvalue weighted by Crippen LogP contribution is -2.19. The molecular weight excluding hydrogens is 320 g/mol. The van der Waals surface area contributed by atoms with Gasteiger partial charge in [0.2, 0.25) is 0 Å². The van der Waals surface area contributed by atoms with Gasteiger partial charge in [-0.2, -0.15) is 0 Å². The first kappa shape index (κ1) is 19.9. The maximum Gasteiger partial charge on any atom is 0.127 e. The highest BCUT2D eigenvalue weighted by Crippen LogP contribution is 2.23. The molecule has 2 nitrogen and oxygen atoms in total. The largest absolute Gasteiger partial charge is 0.486 e. The van der Waals surface area contributed by atoms with Crippen LogP contribution < -0.4 is 9.47 Å². The van der Waals surface area contributed by atoms with Crippen LogP contribution in [0.3, 0.4) is 0 Å². The predicted octanol–water partition coefficient (Wildman–Crippen LogP) is 6.22. The molecule has 1 aromatic rings. The van der Waals surface area contributed by atoms with E-state index in [-0.39, 0.29) is 6.10 Å². The molecule has 0 aromatic heterocycles. The van der Waals surface area contributed by atoms with Gasteiger partial charge in [-0.15, -0.1) is 11.6 Å². The minimum Gasteiger partial charge on any atom is -0.486 e. The third-order valence-corrected chi connectivity index (χ3v) is 3.42. The van der Waals surface area contributed by atoms with Gasteiger partial charge in [0, 0.05) is 12.3 Å². The Kier molecular flexibility index (Phi) is 9.40. The number of alkyl halides is 1. The van der Waals surface area contributed by atoms with E-state index in [0.717, 1.165) is 17.7 Å². The topological polar surface area (TPSA) is 18.5 Å². The Hall–Kier alpha value is -2.19. The van der Waals surface area contributed by atoms with E-state index in [1.807, 2.05) is 56.3 Å². The van der Waals surface area contributed by atoms with E-state index in [1.54, 1.807) is 18.2 Å². The molecule has 0 amide bonds. The van der Waals surface area contributed by atoms with Crippen molar-refractivity contribution in [2.45, 2.75) is 26.4 Å². The van der Waals surface area contributed by atoms with Crippen molar-refractivity contribution in [1.82, 2.24) is 0 Å². The van der Waals surface area contributed by atoms with E-state index in [2.05, 4.69) is 13.2 Å². The zero-order valence-electron chi connectivity index (χ0n) is 14.4. The molecule has 0 heterocycles. The van der Waals surface area contributed by atoms with Gasteiger partial charge in [0.1, 0.15) is 23.4 Å². The SMILES string of the molecule is C=C/C=C\C(=C)Oc1ccc(OC(CCCl)C(/C=C\C)=C/C)cc1. The highest BCUT2D eigenvalue weighted by atomic mass is 35.5. The van der Waals surface area contributed by atoms with Crippen LogP contribution >= 0.6 is 11.6 Å². The summed E-state index contributed by atoms with van der Waals surface area (Å²) in [5.41, 5.74) is 1.11. The van der Waals surface area contributed by atoms with Gasteiger partial charge in [0.05, 0.1) is 0 Å². The quantitative estimate of drug-likeness (QED) is 0.285. The summed E-state index contributed by atoms with van der Waals surface area (Å²) in [5, 5.41) is 0. The van der Waals surface area contributed by atoms with Gasteiger partial charge in [-0.25, -0.2) is 0 Å². The molecule has 0 fully saturated rings. The summed E-state index contributed by atoms with van der Waals surface area (Å²) in [6, 6.07) is 7.46. The molecular formula is C21H25ClO2. The minimum atomic E-state index is -0.0686. The standard InChI is InChI=1S/C21H25ClO2/c1-5-8-10-17(4)23-19-11-13-20(14-12-19)24-21(15-16-22)18(7-3)9-6-2/h5-14,21H,1,4,15-16H2,2-3H3/b9-6-,10-8-,18-7+. The molecule has 0 saturated carbocycles. The van der Waals surface area contributed by atoms with Crippen LogP contribution in [-0.4, -0.2) is 12.0 Å². The zero-order valence-corrected chi connectivity index (χ0v) is 15.1. The second kappa shape index (κ2) is 11.4. The average molecular weight is 345 g/mol. The van der Waals surface area contributed by atoms with Crippen LogP contribution in [0.5, 0.6) is 11.5 Å². The molecule has 0 radical (unpaired) electrons. The molecule has 0 aliphatic carbocycles. The predicted molar refractivity (Wildman–Crippen MR) is 104 cm³/mol. The number of ether oxygens (including phenoxy) is 2. The van der Waals surface area contributed by atoms with E-state index in [4.69, 9.17) is 21.1 Å². The first-order chi connectivity index (χ1) is 11.6. The number of allylic oxidation sites excluding steroid dienone is 5. The molecule has 0 aliphatic rings. The van der Waals surface area contributed by atoms with E-state index in [9.17, 15) is 0 Å². The summed E-state index contributed by atoms with van der Waals surface area (Å²) in [4.78, 5) is 0. The van der Waals surface area contributed by atoms with Gasteiger partial charge >= 0.3 is 0 Å². The Morgan fingerprint density at radius 3 is 2.38 bits per heavy atom. The van der Waals surface area contributed by atoms with Crippen molar-refractivity contribution in [3.05, 3.63) is 85.2 Å². The van der Waals surface area contributed by atoms with Crippen molar-refractivity contribution in [1.29, 1.82) is 0 Å². The summed E-state index contributed by atoms with van der Waals surface area (Å²) in [7, 11) is 0. The van der Waals surface area contributed by atoms with Crippen molar-refractivity contribution < 1.29 is 9.47 Å². The summed E-state index contributed by atoms with van der Waals surface area (Å²) < 4.78 is 11.7. The second-order valence-corrected chi connectivity index (χ2v) is 5.39. The first-order valence-electron chi connectivity index (χ1n) is 7.92. The van der Waals surface area contributed by atoms with Gasteiger partial charge in [0.15, 0.2) is 0 Å². The van der Waals surface area contributed by atoms with Crippen molar-refractivity contribution in [2.24, 2.45) is 0 Å². The molecule has 128 valence electrons. The molecule has 0 bridgehead atoms. The lowest BCUT2D eigenvalue weighted by atomic mass is 10.1. The lowest BCUT2D eigenvalue weighted by molar-refractivity contribution is 0.237. The van der Waals surface area contributed by atoms with Crippen LogP contribution in [0, 0.1) is 0 Å². The van der Waals surface area contributed by atoms with Gasteiger partial charge < -0.3 is 9.47 Å². The van der Waals surface area contributed by atoms with Crippen LogP contribution in [0.15, 0.2) is 85.2 Å². The summed E-state index contributed by atoms with van der Waals surface area (Å²) in [6.45, 7) is 11.4. The Morgan fingerprint density at radius 1 is 1.17 bits per heavy atom. The molecule has 0 N–H and O–H groups in total. The van der Waals surface area contributed by atoms with Gasteiger partial charge in [-0.05, 0) is 49.8 Å². The number of halogens is 1. The number of hydrogen-bond donors (Lipinski definition) is 0. The second-order valence-electron chi connectivity index (χ2n) is 5.01. The Balaban J connectivity index is 2.78. The van der Waals surface area contributed by atoms with E-state index < -0.39 is 0 Å². The van der Waals surface area contributed by atoms with Crippen molar-refractivity contribution >= 4 is 11.6 Å². The highest BCUT2D eigenvalue weighted by Gasteiger charge is 2.13. The molecule has 24 heavy (non-hydrogen) atoms. The molecule has 0 spiro atoms. The van der Waals surface area contributed by atoms with Crippen LogP contribution in [0.1, 0.15) is 20.3 Å². The minimum absolute atomic E-state index is 0.0686. The molecule has 0 saturated heterocycles. The third kappa shape index (κ3) is 6.93. The average Bonchev–Trinajstić information content (AvgIpc) is 2.59. The van der Waals surface area contributed by atoms with Crippen LogP contribution in [-0.2, 0) is 0 Å². The fraction of sp³-hybridized carbons (Fsp3) is 0.238. The molecule has 3 heteroatoms. The molecule has 0 aliphatic heterocycles. The molecule has 1 aromatic carbocycles. The van der Waals surface area contributed by atoms with Gasteiger partial charge in [-0.1, -0.05) is 43.5 Å². The zero-order chi connectivity index (χ0) is 17.8. The highest BCUT2D eigenvalue weighted by molar-refractivity contribution is 6.17. The first-order valence-corrected chi connectivity index (χ1v) is 8.45. The third-order valence-electron chi connectivity index (χ3n) is 3.20. The summed E-state index contributed by atoms with van der Waals surface area (Å²) in [6.07, 6.45) is 12.0. The fourth-order valence-electron chi connectivity index (χ4n) is 2.09. The normalized spacial score (nSPS) is 13.2. The maximum absolute atomic E-state index is 6.08. The van der Waals surface area contributed by atoms with Crippen molar-refractivity contribution in [2.75, 3.05) is 5.88 Å². The molecule has 1 rings (SSSR count). The lowest BCUT2D eigenvalue weighted by Gasteiger charge is -2.20. The summed E-state index contributed by atoms with van der Waals surface area (Å²) >= 11 is 5.91. The number of hydrogen-bond acceptors (Lipinski definition) is 2. The Morgan fingerprint density at radius 2 is 1.83 bits per heavy atom. The Bertz CT molecular complexity index is 609. The smallest absolute Gasteiger partial charge is 0.127 e. The molecule has 1 unspecified atom stereocenters. The van der Waals surface area contributed by atoms with Crippen LogP contribution in [0.4, 0.5) is 0 Å². The van der Waals surface area contributed by atoms with E-state index in [0.29, 0.717) is 17.4 Å². The fourth-order valence-corrected chi connectivity index (χ4v) is 2.28. The van der Waals surface area contributed by atoms with E-state index >= 15 is 0 Å². The van der Waals surface area contributed by atoms with Crippen molar-refractivity contribution in [3.63, 3.8) is 0 Å². The van der Waals surface area contributed by atoms with E-state index in [1.165, 1.54) is 0 Å². The Labute approximate surface area is 150 Å². The van der Waals surface area contributed by atoms with Crippen LogP contribution in [0.25, 0.3) is 0 Å². The van der Waals surface area contributed by atoms with Crippen molar-refractivity contribution in [3.8, 4) is 11.5 Å². The maximum atomic E-state index is 6.08. The monoisotopic (exact) mass is 344 g/mol. The summed E-state index contributed by atoms with van der Waals surface area (Å²) in [5.74, 6) is 2.56. The number of benzene rings is 1. The van der Waals surface area contributed by atoms with Gasteiger partial charge in [-0.3, -0.25) is 0 Å². The number of rotatable bonds is 10.